The molecule has 0 saturated heterocycles. The Morgan fingerprint density at radius 3 is 2.30 bits per heavy atom. The molecule has 6 nitrogen and oxygen atoms in total. The van der Waals surface area contributed by atoms with Crippen LogP contribution in [-0.4, -0.2) is 30.2 Å². The number of nitrogens with zero attached hydrogens (tertiary/aromatic N) is 1. The van der Waals surface area contributed by atoms with Crippen LogP contribution < -0.4 is 4.90 Å². The number of halogens is 1. The topological polar surface area (TPSA) is 80.8 Å². The average molecular weight is 553 g/mol. The van der Waals surface area contributed by atoms with Gasteiger partial charge in [0.15, 0.2) is 6.61 Å². The van der Waals surface area contributed by atoms with Crippen LogP contribution in [0.2, 0.25) is 0 Å². The molecule has 0 aliphatic carbocycles. The van der Waals surface area contributed by atoms with Crippen LogP contribution in [0.3, 0.4) is 0 Å². The minimum atomic E-state index is -0.736. The van der Waals surface area contributed by atoms with Gasteiger partial charge in [-0.2, -0.15) is 0 Å². The molecule has 1 aliphatic rings. The normalized spacial score (nSPS) is 12.7. The van der Waals surface area contributed by atoms with Gasteiger partial charge in [-0.1, -0.05) is 17.7 Å². The van der Waals surface area contributed by atoms with Crippen LogP contribution in [0.5, 0.6) is 0 Å². The zero-order valence-electron chi connectivity index (χ0n) is 18.3. The van der Waals surface area contributed by atoms with E-state index >= 15 is 0 Å². The molecule has 166 valence electrons. The van der Waals surface area contributed by atoms with Gasteiger partial charge in [0.25, 0.3) is 11.8 Å². The summed E-state index contributed by atoms with van der Waals surface area (Å²) < 4.78 is 6.20. The highest BCUT2D eigenvalue weighted by Crippen LogP contribution is 2.32. The number of carbonyl (C=O) groups is 4. The quantitative estimate of drug-likeness (QED) is 0.191. The molecule has 0 N–H and O–H groups in total. The molecule has 33 heavy (non-hydrogen) atoms. The first-order chi connectivity index (χ1) is 15.7. The van der Waals surface area contributed by atoms with Crippen LogP contribution >= 0.6 is 22.6 Å². The molecule has 4 rings (SSSR count). The number of Topliss-reactive ketones (excluding diaryl/α,β-unsaturated/α-hetero) is 1. The van der Waals surface area contributed by atoms with Crippen molar-refractivity contribution in [3.63, 3.8) is 0 Å². The molecule has 0 radical (unpaired) electrons. The van der Waals surface area contributed by atoms with E-state index in [4.69, 9.17) is 4.74 Å². The highest BCUT2D eigenvalue weighted by atomic mass is 127. The molecule has 0 atom stereocenters. The number of anilines is 1. The summed E-state index contributed by atoms with van der Waals surface area (Å²) in [4.78, 5) is 52.1. The van der Waals surface area contributed by atoms with Crippen molar-refractivity contribution in [2.24, 2.45) is 0 Å². The highest BCUT2D eigenvalue weighted by molar-refractivity contribution is 14.1. The van der Waals surface area contributed by atoms with Gasteiger partial charge >= 0.3 is 5.97 Å². The average Bonchev–Trinajstić information content (AvgIpc) is 3.03. The monoisotopic (exact) mass is 553 g/mol. The lowest BCUT2D eigenvalue weighted by Gasteiger charge is -2.16. The summed E-state index contributed by atoms with van der Waals surface area (Å²) >= 11 is 2.16. The summed E-state index contributed by atoms with van der Waals surface area (Å²) in [5, 5.41) is 0. The number of benzene rings is 3. The fraction of sp³-hybridized carbons (Fsp3) is 0.154. The number of rotatable bonds is 5. The number of fused-ring (bicyclic) bond motifs is 1. The number of imide groups is 1. The SMILES string of the molecule is Cc1ccc(C)c(C(=O)COC(=O)c2ccc3c(c2)C(=O)N(c2ccc(I)cc2C)C3=O)c1. The van der Waals surface area contributed by atoms with Gasteiger partial charge in [0.2, 0.25) is 5.78 Å². The number of amides is 2. The van der Waals surface area contributed by atoms with E-state index in [-0.39, 0.29) is 22.5 Å². The van der Waals surface area contributed by atoms with E-state index in [2.05, 4.69) is 22.6 Å². The van der Waals surface area contributed by atoms with Gasteiger partial charge in [-0.25, -0.2) is 9.69 Å². The first-order valence-corrected chi connectivity index (χ1v) is 11.3. The number of hydrogen-bond donors (Lipinski definition) is 0. The first-order valence-electron chi connectivity index (χ1n) is 10.2. The maximum absolute atomic E-state index is 13.0. The third kappa shape index (κ3) is 4.32. The smallest absolute Gasteiger partial charge is 0.338 e. The Morgan fingerprint density at radius 1 is 0.848 bits per heavy atom. The van der Waals surface area contributed by atoms with E-state index in [0.717, 1.165) is 25.2 Å². The molecule has 7 heteroatoms. The Kier molecular flexibility index (Phi) is 6.16. The van der Waals surface area contributed by atoms with Gasteiger partial charge in [0.1, 0.15) is 0 Å². The highest BCUT2D eigenvalue weighted by Gasteiger charge is 2.38. The number of ether oxygens (including phenoxy) is 1. The summed E-state index contributed by atoms with van der Waals surface area (Å²) in [5.41, 5.74) is 3.99. The van der Waals surface area contributed by atoms with Gasteiger partial charge in [-0.05, 0) is 97.0 Å². The van der Waals surface area contributed by atoms with Gasteiger partial charge < -0.3 is 4.74 Å². The van der Waals surface area contributed by atoms with Crippen molar-refractivity contribution < 1.29 is 23.9 Å². The van der Waals surface area contributed by atoms with Crippen molar-refractivity contribution in [2.75, 3.05) is 11.5 Å². The molecule has 0 bridgehead atoms. The van der Waals surface area contributed by atoms with E-state index in [1.165, 1.54) is 18.2 Å². The summed E-state index contributed by atoms with van der Waals surface area (Å²) in [7, 11) is 0. The maximum Gasteiger partial charge on any atom is 0.338 e. The van der Waals surface area contributed by atoms with E-state index in [9.17, 15) is 19.2 Å². The number of carbonyl (C=O) groups excluding carboxylic acids is 4. The van der Waals surface area contributed by atoms with Crippen molar-refractivity contribution in [1.82, 2.24) is 0 Å². The van der Waals surface area contributed by atoms with Crippen molar-refractivity contribution in [2.45, 2.75) is 20.8 Å². The van der Waals surface area contributed by atoms with Gasteiger partial charge in [0, 0.05) is 9.13 Å². The lowest BCUT2D eigenvalue weighted by molar-refractivity contribution is 0.0474. The van der Waals surface area contributed by atoms with Gasteiger partial charge in [-0.3, -0.25) is 14.4 Å². The number of esters is 1. The van der Waals surface area contributed by atoms with Crippen LogP contribution in [0, 0.1) is 24.3 Å². The second kappa shape index (κ2) is 8.90. The van der Waals surface area contributed by atoms with E-state index in [1.54, 1.807) is 12.1 Å². The zero-order valence-corrected chi connectivity index (χ0v) is 20.4. The molecule has 2 amide bonds. The molecular weight excluding hydrogens is 533 g/mol. The lowest BCUT2D eigenvalue weighted by Crippen LogP contribution is -2.30. The molecule has 0 spiro atoms. The largest absolute Gasteiger partial charge is 0.454 e. The van der Waals surface area contributed by atoms with Crippen molar-refractivity contribution in [3.8, 4) is 0 Å². The lowest BCUT2D eigenvalue weighted by atomic mass is 10.0. The summed E-state index contributed by atoms with van der Waals surface area (Å²) in [6.07, 6.45) is 0. The predicted octanol–water partition coefficient (Wildman–Crippen LogP) is 5.06. The van der Waals surface area contributed by atoms with E-state index in [0.29, 0.717) is 11.3 Å². The van der Waals surface area contributed by atoms with Crippen molar-refractivity contribution >= 4 is 51.8 Å². The van der Waals surface area contributed by atoms with E-state index in [1.807, 2.05) is 45.0 Å². The van der Waals surface area contributed by atoms with Crippen LogP contribution in [0.4, 0.5) is 5.69 Å². The number of hydrogen-bond acceptors (Lipinski definition) is 5. The van der Waals surface area contributed by atoms with Crippen LogP contribution in [-0.2, 0) is 4.74 Å². The Hall–Kier alpha value is -3.33. The maximum atomic E-state index is 13.0. The molecule has 3 aromatic rings. The van der Waals surface area contributed by atoms with Gasteiger partial charge in [-0.15, -0.1) is 0 Å². The third-order valence-corrected chi connectivity index (χ3v) is 6.22. The van der Waals surface area contributed by atoms with Crippen LogP contribution in [0.25, 0.3) is 0 Å². The van der Waals surface area contributed by atoms with E-state index < -0.39 is 24.4 Å². The second-order valence-electron chi connectivity index (χ2n) is 7.95. The summed E-state index contributed by atoms with van der Waals surface area (Å²) in [6.45, 7) is 5.11. The predicted molar refractivity (Wildman–Crippen MR) is 132 cm³/mol. The van der Waals surface area contributed by atoms with Crippen LogP contribution in [0.15, 0.2) is 54.6 Å². The zero-order chi connectivity index (χ0) is 23.9. The van der Waals surface area contributed by atoms with Crippen LogP contribution in [0.1, 0.15) is 58.1 Å². The molecular formula is C26H20INO5. The Bertz CT molecular complexity index is 1340. The fourth-order valence-electron chi connectivity index (χ4n) is 3.78. The first kappa shape index (κ1) is 22.8. The number of ketones is 1. The second-order valence-corrected chi connectivity index (χ2v) is 9.20. The molecule has 0 saturated carbocycles. The summed E-state index contributed by atoms with van der Waals surface area (Å²) in [6, 6.07) is 15.2. The minimum Gasteiger partial charge on any atom is -0.454 e. The summed E-state index contributed by atoms with van der Waals surface area (Å²) in [5.74, 6) is -1.98. The Morgan fingerprint density at radius 2 is 1.58 bits per heavy atom. The Balaban J connectivity index is 1.53. The molecule has 1 heterocycles. The van der Waals surface area contributed by atoms with Gasteiger partial charge in [0.05, 0.1) is 22.4 Å². The molecule has 0 unspecified atom stereocenters. The van der Waals surface area contributed by atoms with Crippen molar-refractivity contribution in [3.05, 3.63) is 97.1 Å². The number of aryl methyl sites for hydroxylation is 3. The standard InChI is InChI=1S/C26H20INO5/c1-14-4-5-15(2)20(10-14)23(29)13-33-26(32)17-6-8-19-21(12-17)25(31)28(24(19)30)22-9-7-18(27)11-16(22)3/h4-12H,13H2,1-3H3. The minimum absolute atomic E-state index is 0.102. The third-order valence-electron chi connectivity index (χ3n) is 5.55. The van der Waals surface area contributed by atoms with Crippen molar-refractivity contribution in [1.29, 1.82) is 0 Å². The molecule has 1 aliphatic heterocycles. The molecule has 0 aromatic heterocycles. The fourth-order valence-corrected chi connectivity index (χ4v) is 4.43. The molecule has 0 fully saturated rings. The Labute approximate surface area is 204 Å². The molecule has 3 aromatic carbocycles.